The Bertz CT molecular complexity index is 529. The number of nitrogens with two attached hydrogens (primary N) is 1. The Morgan fingerprint density at radius 2 is 1.50 bits per heavy atom. The Labute approximate surface area is 106 Å². The van der Waals surface area contributed by atoms with Crippen molar-refractivity contribution >= 4 is 0 Å². The van der Waals surface area contributed by atoms with E-state index in [4.69, 9.17) is 10.8 Å². The molecular formula is C15H13NO2. The smallest absolute Gasteiger partial charge is 0.180 e. The quantitative estimate of drug-likeness (QED) is 0.508. The molecule has 90 valence electrons. The molecular weight excluding hydrogens is 226 g/mol. The molecule has 3 nitrogen and oxygen atoms in total. The fourth-order valence-electron chi connectivity index (χ4n) is 1.52. The van der Waals surface area contributed by atoms with Gasteiger partial charge in [-0.15, -0.1) is 4.99 Å². The molecule has 0 saturated heterocycles. The lowest BCUT2D eigenvalue weighted by atomic mass is 10.1. The van der Waals surface area contributed by atoms with Crippen LogP contribution in [0.4, 0.5) is 0 Å². The fraction of sp³-hybridized carbons (Fsp3) is 0.0667. The molecule has 0 fully saturated rings. The van der Waals surface area contributed by atoms with Gasteiger partial charge in [0.1, 0.15) is 0 Å². The van der Waals surface area contributed by atoms with E-state index in [2.05, 4.69) is 16.8 Å². The Hall–Kier alpha value is -2.12. The van der Waals surface area contributed by atoms with E-state index in [1.54, 1.807) is 0 Å². The maximum absolute atomic E-state index is 4.95. The molecule has 0 saturated carbocycles. The van der Waals surface area contributed by atoms with Crippen LogP contribution < -0.4 is 5.90 Å². The van der Waals surface area contributed by atoms with E-state index in [9.17, 15) is 0 Å². The van der Waals surface area contributed by atoms with E-state index in [1.807, 2.05) is 60.7 Å². The van der Waals surface area contributed by atoms with E-state index in [-0.39, 0.29) is 0 Å². The number of hydrogen-bond acceptors (Lipinski definition) is 3. The minimum atomic E-state index is -0.503. The molecule has 2 aromatic carbocycles. The van der Waals surface area contributed by atoms with Crippen molar-refractivity contribution in [2.24, 2.45) is 5.90 Å². The van der Waals surface area contributed by atoms with Crippen molar-refractivity contribution in [3.8, 4) is 11.8 Å². The molecule has 0 aromatic heterocycles. The van der Waals surface area contributed by atoms with Crippen LogP contribution in [0.3, 0.4) is 0 Å². The summed E-state index contributed by atoms with van der Waals surface area (Å²) in [5, 5.41) is 0. The van der Waals surface area contributed by atoms with Gasteiger partial charge in [0.25, 0.3) is 0 Å². The lowest BCUT2D eigenvalue weighted by Crippen LogP contribution is -2.07. The molecule has 0 amide bonds. The van der Waals surface area contributed by atoms with Crippen molar-refractivity contribution in [2.45, 2.75) is 6.10 Å². The molecule has 0 spiro atoms. The number of rotatable bonds is 3. The summed E-state index contributed by atoms with van der Waals surface area (Å²) < 4.78 is 0. The van der Waals surface area contributed by atoms with E-state index in [0.29, 0.717) is 0 Å². The molecule has 0 aliphatic carbocycles. The fourth-order valence-corrected chi connectivity index (χ4v) is 1.52. The summed E-state index contributed by atoms with van der Waals surface area (Å²) >= 11 is 0. The first-order valence-electron chi connectivity index (χ1n) is 5.54. The average molecular weight is 239 g/mol. The highest BCUT2D eigenvalue weighted by atomic mass is 17.3. The molecule has 0 aliphatic rings. The Morgan fingerprint density at radius 1 is 0.889 bits per heavy atom. The Kier molecular flexibility index (Phi) is 4.51. The van der Waals surface area contributed by atoms with Crippen LogP contribution in [0.15, 0.2) is 60.7 Å². The van der Waals surface area contributed by atoms with Gasteiger partial charge in [-0.1, -0.05) is 60.4 Å². The third-order valence-corrected chi connectivity index (χ3v) is 2.38. The first-order chi connectivity index (χ1) is 8.90. The molecule has 2 aromatic rings. The summed E-state index contributed by atoms with van der Waals surface area (Å²) in [6.07, 6.45) is -0.503. The molecule has 2 rings (SSSR count). The molecule has 1 atom stereocenters. The van der Waals surface area contributed by atoms with Gasteiger partial charge in [-0.25, -0.2) is 0 Å². The highest BCUT2D eigenvalue weighted by Crippen LogP contribution is 2.15. The zero-order chi connectivity index (χ0) is 12.6. The second-order valence-corrected chi connectivity index (χ2v) is 3.62. The lowest BCUT2D eigenvalue weighted by molar-refractivity contribution is -0.319. The van der Waals surface area contributed by atoms with Gasteiger partial charge < -0.3 is 0 Å². The van der Waals surface area contributed by atoms with Crippen LogP contribution >= 0.6 is 0 Å². The highest BCUT2D eigenvalue weighted by Gasteiger charge is 2.08. The van der Waals surface area contributed by atoms with Gasteiger partial charge in [-0.2, -0.15) is 10.8 Å². The zero-order valence-corrected chi connectivity index (χ0v) is 9.74. The number of benzene rings is 2. The molecule has 2 N–H and O–H groups in total. The van der Waals surface area contributed by atoms with Gasteiger partial charge >= 0.3 is 0 Å². The summed E-state index contributed by atoms with van der Waals surface area (Å²) in [7, 11) is 0. The molecule has 0 bridgehead atoms. The predicted octanol–water partition coefficient (Wildman–Crippen LogP) is 2.60. The van der Waals surface area contributed by atoms with Crippen molar-refractivity contribution in [1.82, 2.24) is 0 Å². The number of hydrogen-bond donors (Lipinski definition) is 1. The van der Waals surface area contributed by atoms with Gasteiger partial charge in [0.2, 0.25) is 0 Å². The van der Waals surface area contributed by atoms with Gasteiger partial charge in [-0.05, 0) is 17.7 Å². The molecule has 0 aliphatic heterocycles. The maximum atomic E-state index is 4.95. The summed E-state index contributed by atoms with van der Waals surface area (Å²) in [6.45, 7) is 0. The minimum absolute atomic E-state index is 0.503. The van der Waals surface area contributed by atoms with Crippen molar-refractivity contribution < 1.29 is 9.88 Å². The van der Waals surface area contributed by atoms with Gasteiger partial charge in [0.05, 0.1) is 0 Å². The molecule has 3 heteroatoms. The second kappa shape index (κ2) is 6.58. The van der Waals surface area contributed by atoms with Crippen LogP contribution in [0.25, 0.3) is 0 Å². The predicted molar refractivity (Wildman–Crippen MR) is 68.9 cm³/mol. The monoisotopic (exact) mass is 239 g/mol. The molecule has 18 heavy (non-hydrogen) atoms. The van der Waals surface area contributed by atoms with Crippen LogP contribution in [-0.2, 0) is 9.88 Å². The van der Waals surface area contributed by atoms with E-state index >= 15 is 0 Å². The average Bonchev–Trinajstić information content (AvgIpc) is 2.45. The first kappa shape index (κ1) is 12.3. The van der Waals surface area contributed by atoms with Crippen molar-refractivity contribution in [3.63, 3.8) is 0 Å². The van der Waals surface area contributed by atoms with Crippen LogP contribution in [0.2, 0.25) is 0 Å². The maximum Gasteiger partial charge on any atom is 0.180 e. The van der Waals surface area contributed by atoms with E-state index in [0.717, 1.165) is 11.1 Å². The van der Waals surface area contributed by atoms with Crippen LogP contribution in [0.1, 0.15) is 17.2 Å². The zero-order valence-electron chi connectivity index (χ0n) is 9.74. The Balaban J connectivity index is 2.20. The summed E-state index contributed by atoms with van der Waals surface area (Å²) in [5.41, 5.74) is 1.81. The largest absolute Gasteiger partial charge is 0.197 e. The topological polar surface area (TPSA) is 44.5 Å². The van der Waals surface area contributed by atoms with Crippen molar-refractivity contribution in [2.75, 3.05) is 0 Å². The third-order valence-electron chi connectivity index (χ3n) is 2.38. The summed E-state index contributed by atoms with van der Waals surface area (Å²) in [6, 6.07) is 19.2. The van der Waals surface area contributed by atoms with Crippen molar-refractivity contribution in [3.05, 3.63) is 71.8 Å². The molecule has 0 radical (unpaired) electrons. The van der Waals surface area contributed by atoms with Crippen LogP contribution in [-0.4, -0.2) is 0 Å². The van der Waals surface area contributed by atoms with Crippen LogP contribution in [0.5, 0.6) is 0 Å². The first-order valence-corrected chi connectivity index (χ1v) is 5.54. The molecule has 0 heterocycles. The SMILES string of the molecule is NOOC(C#Cc1ccccc1)c1ccccc1. The Morgan fingerprint density at radius 3 is 2.11 bits per heavy atom. The van der Waals surface area contributed by atoms with Gasteiger partial charge in [-0.3, -0.25) is 0 Å². The normalized spacial score (nSPS) is 11.4. The summed E-state index contributed by atoms with van der Waals surface area (Å²) in [4.78, 5) is 9.20. The standard InChI is InChI=1S/C15H13NO2/c16-18-17-15(14-9-5-2-6-10-14)12-11-13-7-3-1-4-8-13/h1-10,15H,16H2. The third kappa shape index (κ3) is 3.44. The van der Waals surface area contributed by atoms with Crippen molar-refractivity contribution in [1.29, 1.82) is 0 Å². The van der Waals surface area contributed by atoms with Crippen LogP contribution in [0, 0.1) is 11.8 Å². The highest BCUT2D eigenvalue weighted by molar-refractivity contribution is 5.36. The molecule has 1 unspecified atom stereocenters. The minimum Gasteiger partial charge on any atom is -0.197 e. The lowest BCUT2D eigenvalue weighted by Gasteiger charge is -2.08. The van der Waals surface area contributed by atoms with E-state index in [1.165, 1.54) is 0 Å². The van der Waals surface area contributed by atoms with Gasteiger partial charge in [0.15, 0.2) is 6.10 Å². The van der Waals surface area contributed by atoms with Gasteiger partial charge in [0, 0.05) is 5.56 Å². The van der Waals surface area contributed by atoms with E-state index < -0.39 is 6.10 Å². The second-order valence-electron chi connectivity index (χ2n) is 3.62. The summed E-state index contributed by atoms with van der Waals surface area (Å²) in [5.74, 6) is 10.9.